The minimum absolute atomic E-state index is 0.144. The van der Waals surface area contributed by atoms with Gasteiger partial charge in [-0.15, -0.1) is 0 Å². The lowest BCUT2D eigenvalue weighted by Gasteiger charge is -2.35. The second-order valence-corrected chi connectivity index (χ2v) is 6.49. The fraction of sp³-hybridized carbons (Fsp3) is 0.562. The van der Waals surface area contributed by atoms with Crippen molar-refractivity contribution in [2.75, 3.05) is 11.9 Å². The molecule has 3 rings (SSSR count). The highest BCUT2D eigenvalue weighted by atomic mass is 19.3. The van der Waals surface area contributed by atoms with Crippen LogP contribution in [0.3, 0.4) is 0 Å². The third-order valence-electron chi connectivity index (χ3n) is 4.84. The smallest absolute Gasteiger partial charge is 0.292 e. The fourth-order valence-electron chi connectivity index (χ4n) is 3.29. The van der Waals surface area contributed by atoms with Gasteiger partial charge >= 0.3 is 6.03 Å². The molecular weight excluding hydrogens is 304 g/mol. The number of aryl methyl sites for hydroxylation is 1. The number of imide groups is 1. The molecule has 0 radical (unpaired) electrons. The topological polar surface area (TPSA) is 62.3 Å². The Kier molecular flexibility index (Phi) is 3.82. The summed E-state index contributed by atoms with van der Waals surface area (Å²) in [6.45, 7) is 2.15. The molecular formula is C16H19F2N3O2. The Hall–Kier alpha value is -2.05. The number of nitrogens with one attached hydrogen (secondary N) is 1. The Morgan fingerprint density at radius 1 is 1.22 bits per heavy atom. The van der Waals surface area contributed by atoms with Gasteiger partial charge in [0.1, 0.15) is 5.82 Å². The number of anilines is 1. The molecule has 0 aromatic carbocycles. The minimum Gasteiger partial charge on any atom is -0.292 e. The molecule has 1 aliphatic heterocycles. The standard InChI is InChI=1S/C16H19F2N3O2/c1-11-2-3-12(19-10-11)20-14(23)21-9-8-15(13(21)22)4-6-16(17,18)7-5-15/h2-3,10H,4-9H2,1H3,(H,19,20,23). The first-order valence-corrected chi connectivity index (χ1v) is 7.75. The van der Waals surface area contributed by atoms with Crippen LogP contribution in [0.4, 0.5) is 19.4 Å². The van der Waals surface area contributed by atoms with E-state index < -0.39 is 17.4 Å². The van der Waals surface area contributed by atoms with Gasteiger partial charge in [0, 0.05) is 25.6 Å². The molecule has 2 aliphatic rings. The van der Waals surface area contributed by atoms with Crippen molar-refractivity contribution in [1.29, 1.82) is 0 Å². The molecule has 5 nitrogen and oxygen atoms in total. The van der Waals surface area contributed by atoms with Crippen molar-refractivity contribution in [3.05, 3.63) is 23.9 Å². The van der Waals surface area contributed by atoms with Crippen LogP contribution in [0, 0.1) is 12.3 Å². The Morgan fingerprint density at radius 2 is 1.91 bits per heavy atom. The van der Waals surface area contributed by atoms with Crippen molar-refractivity contribution in [2.45, 2.75) is 45.0 Å². The van der Waals surface area contributed by atoms with Crippen LogP contribution in [0.15, 0.2) is 18.3 Å². The van der Waals surface area contributed by atoms with E-state index in [-0.39, 0.29) is 38.1 Å². The largest absolute Gasteiger partial charge is 0.329 e. The third kappa shape index (κ3) is 3.04. The predicted molar refractivity (Wildman–Crippen MR) is 80.2 cm³/mol. The zero-order valence-electron chi connectivity index (χ0n) is 12.9. The van der Waals surface area contributed by atoms with Gasteiger partial charge in [0.25, 0.3) is 0 Å². The SMILES string of the molecule is Cc1ccc(NC(=O)N2CCC3(CCC(F)(F)CC3)C2=O)nc1. The Labute approximate surface area is 133 Å². The van der Waals surface area contributed by atoms with Crippen LogP contribution in [0.1, 0.15) is 37.7 Å². The van der Waals surface area contributed by atoms with Crippen LogP contribution in [-0.4, -0.2) is 34.3 Å². The average Bonchev–Trinajstić information content (AvgIpc) is 2.82. The highest BCUT2D eigenvalue weighted by Gasteiger charge is 2.53. The van der Waals surface area contributed by atoms with E-state index in [1.807, 2.05) is 6.92 Å². The summed E-state index contributed by atoms with van der Waals surface area (Å²) >= 11 is 0. The highest BCUT2D eigenvalue weighted by molar-refractivity contribution is 6.04. The number of hydrogen-bond donors (Lipinski definition) is 1. The molecule has 1 aromatic rings. The first kappa shape index (κ1) is 15.8. The van der Waals surface area contributed by atoms with Gasteiger partial charge in [-0.25, -0.2) is 18.6 Å². The number of amides is 3. The molecule has 2 heterocycles. The molecule has 7 heteroatoms. The van der Waals surface area contributed by atoms with E-state index in [0.29, 0.717) is 12.2 Å². The molecule has 1 saturated carbocycles. The number of carbonyl (C=O) groups is 2. The lowest BCUT2D eigenvalue weighted by Crippen LogP contribution is -2.43. The maximum atomic E-state index is 13.3. The van der Waals surface area contributed by atoms with E-state index in [4.69, 9.17) is 0 Å². The first-order valence-electron chi connectivity index (χ1n) is 7.75. The van der Waals surface area contributed by atoms with E-state index in [1.54, 1.807) is 18.3 Å². The van der Waals surface area contributed by atoms with Gasteiger partial charge in [-0.1, -0.05) is 6.07 Å². The van der Waals surface area contributed by atoms with Gasteiger partial charge in [-0.3, -0.25) is 15.0 Å². The van der Waals surface area contributed by atoms with Gasteiger partial charge in [0.05, 0.1) is 5.41 Å². The van der Waals surface area contributed by atoms with Gasteiger partial charge < -0.3 is 0 Å². The molecule has 1 spiro atoms. The van der Waals surface area contributed by atoms with Crippen molar-refractivity contribution in [3.63, 3.8) is 0 Å². The quantitative estimate of drug-likeness (QED) is 0.862. The number of rotatable bonds is 1. The number of nitrogens with zero attached hydrogens (tertiary/aromatic N) is 2. The molecule has 0 atom stereocenters. The van der Waals surface area contributed by atoms with E-state index >= 15 is 0 Å². The molecule has 2 fully saturated rings. The lowest BCUT2D eigenvalue weighted by molar-refractivity contribution is -0.140. The molecule has 1 aliphatic carbocycles. The van der Waals surface area contributed by atoms with Crippen molar-refractivity contribution in [3.8, 4) is 0 Å². The number of halogens is 2. The molecule has 1 N–H and O–H groups in total. The minimum atomic E-state index is -2.69. The number of aromatic nitrogens is 1. The van der Waals surface area contributed by atoms with Crippen molar-refractivity contribution in [2.24, 2.45) is 5.41 Å². The summed E-state index contributed by atoms with van der Waals surface area (Å²) < 4.78 is 26.7. The molecule has 1 saturated heterocycles. The normalized spacial score (nSPS) is 22.4. The third-order valence-corrected chi connectivity index (χ3v) is 4.84. The van der Waals surface area contributed by atoms with Gasteiger partial charge in [0.15, 0.2) is 0 Å². The number of likely N-dealkylation sites (tertiary alicyclic amines) is 1. The predicted octanol–water partition coefficient (Wildman–Crippen LogP) is 3.35. The summed E-state index contributed by atoms with van der Waals surface area (Å²) in [5.41, 5.74) is 0.169. The second kappa shape index (κ2) is 5.54. The molecule has 1 aromatic heterocycles. The summed E-state index contributed by atoms with van der Waals surface area (Å²) in [4.78, 5) is 30.0. The number of pyridine rings is 1. The summed E-state index contributed by atoms with van der Waals surface area (Å²) in [5, 5.41) is 2.59. The fourth-order valence-corrected chi connectivity index (χ4v) is 3.29. The van der Waals surface area contributed by atoms with E-state index in [2.05, 4.69) is 10.3 Å². The Balaban J connectivity index is 1.67. The lowest BCUT2D eigenvalue weighted by atomic mass is 9.72. The summed E-state index contributed by atoms with van der Waals surface area (Å²) in [6.07, 6.45) is 1.79. The van der Waals surface area contributed by atoms with E-state index in [9.17, 15) is 18.4 Å². The number of alkyl halides is 2. The van der Waals surface area contributed by atoms with Crippen LogP contribution < -0.4 is 5.32 Å². The molecule has 3 amide bonds. The monoisotopic (exact) mass is 323 g/mol. The van der Waals surface area contributed by atoms with E-state index in [0.717, 1.165) is 10.5 Å². The number of hydrogen-bond acceptors (Lipinski definition) is 3. The van der Waals surface area contributed by atoms with Crippen LogP contribution in [-0.2, 0) is 4.79 Å². The maximum Gasteiger partial charge on any atom is 0.329 e. The average molecular weight is 323 g/mol. The van der Waals surface area contributed by atoms with Gasteiger partial charge in [-0.2, -0.15) is 0 Å². The summed E-state index contributed by atoms with van der Waals surface area (Å²) in [6, 6.07) is 2.92. The van der Waals surface area contributed by atoms with Crippen LogP contribution in [0.5, 0.6) is 0 Å². The van der Waals surface area contributed by atoms with Gasteiger partial charge in [0.2, 0.25) is 11.8 Å². The van der Waals surface area contributed by atoms with Gasteiger partial charge in [-0.05, 0) is 37.8 Å². The summed E-state index contributed by atoms with van der Waals surface area (Å²) in [7, 11) is 0. The second-order valence-electron chi connectivity index (χ2n) is 6.49. The molecule has 0 bridgehead atoms. The summed E-state index contributed by atoms with van der Waals surface area (Å²) in [5.74, 6) is -2.66. The zero-order chi connectivity index (χ0) is 16.7. The van der Waals surface area contributed by atoms with Crippen LogP contribution in [0.2, 0.25) is 0 Å². The van der Waals surface area contributed by atoms with Crippen LogP contribution >= 0.6 is 0 Å². The number of carbonyl (C=O) groups excluding carboxylic acids is 2. The Bertz CT molecular complexity index is 621. The van der Waals surface area contributed by atoms with E-state index in [1.165, 1.54) is 0 Å². The highest BCUT2D eigenvalue weighted by Crippen LogP contribution is 2.49. The first-order chi connectivity index (χ1) is 10.8. The molecule has 124 valence electrons. The van der Waals surface area contributed by atoms with Crippen molar-refractivity contribution in [1.82, 2.24) is 9.88 Å². The molecule has 0 unspecified atom stereocenters. The molecule has 23 heavy (non-hydrogen) atoms. The van der Waals surface area contributed by atoms with Crippen molar-refractivity contribution >= 4 is 17.8 Å². The maximum absolute atomic E-state index is 13.3. The van der Waals surface area contributed by atoms with Crippen LogP contribution in [0.25, 0.3) is 0 Å². The Morgan fingerprint density at radius 3 is 2.52 bits per heavy atom. The van der Waals surface area contributed by atoms with Crippen molar-refractivity contribution < 1.29 is 18.4 Å². The number of urea groups is 1. The zero-order valence-corrected chi connectivity index (χ0v) is 12.9.